The molecule has 2 heteroatoms. The minimum atomic E-state index is 0.0761. The molecular formula is C12H14ClN. The largest absolute Gasteiger partial charge is 0.371 e. The lowest BCUT2D eigenvalue weighted by molar-refractivity contribution is 0.856. The third-order valence-corrected chi connectivity index (χ3v) is 2.62. The van der Waals surface area contributed by atoms with Gasteiger partial charge in [-0.05, 0) is 31.0 Å². The summed E-state index contributed by atoms with van der Waals surface area (Å²) in [5.74, 6) is 2.69. The molecular weight excluding hydrogens is 194 g/mol. The van der Waals surface area contributed by atoms with Crippen molar-refractivity contribution in [2.24, 2.45) is 0 Å². The fraction of sp³-hybridized carbons (Fsp3) is 0.333. The monoisotopic (exact) mass is 207 g/mol. The summed E-state index contributed by atoms with van der Waals surface area (Å²) in [6.07, 6.45) is 6.28. The molecule has 1 aromatic carbocycles. The van der Waals surface area contributed by atoms with Crippen LogP contribution in [0.5, 0.6) is 0 Å². The Morgan fingerprint density at radius 3 is 2.86 bits per heavy atom. The van der Waals surface area contributed by atoms with Crippen LogP contribution in [0.3, 0.4) is 0 Å². The van der Waals surface area contributed by atoms with Gasteiger partial charge in [-0.2, -0.15) is 0 Å². The number of halogens is 1. The normalized spacial score (nSPS) is 11.9. The van der Waals surface area contributed by atoms with E-state index in [0.29, 0.717) is 0 Å². The van der Waals surface area contributed by atoms with Crippen LogP contribution >= 0.6 is 11.6 Å². The Bertz CT molecular complexity index is 352. The highest BCUT2D eigenvalue weighted by atomic mass is 35.5. The lowest BCUT2D eigenvalue weighted by Gasteiger charge is -2.14. The van der Waals surface area contributed by atoms with E-state index in [1.165, 1.54) is 0 Å². The van der Waals surface area contributed by atoms with E-state index in [1.807, 2.05) is 25.1 Å². The van der Waals surface area contributed by atoms with Crippen LogP contribution in [0.4, 0.5) is 5.69 Å². The third kappa shape index (κ3) is 2.43. The van der Waals surface area contributed by atoms with Crippen LogP contribution in [0.2, 0.25) is 5.02 Å². The van der Waals surface area contributed by atoms with Gasteiger partial charge in [-0.1, -0.05) is 30.5 Å². The summed E-state index contributed by atoms with van der Waals surface area (Å²) in [6.45, 7) is 4.03. The molecule has 0 heterocycles. The third-order valence-electron chi connectivity index (χ3n) is 2.21. The van der Waals surface area contributed by atoms with Crippen molar-refractivity contribution in [1.82, 2.24) is 0 Å². The summed E-state index contributed by atoms with van der Waals surface area (Å²) in [7, 11) is 0. The number of terminal acetylenes is 1. The predicted molar refractivity (Wildman–Crippen MR) is 62.7 cm³/mol. The van der Waals surface area contributed by atoms with Crippen LogP contribution in [-0.4, -0.2) is 6.04 Å². The Balaban J connectivity index is 2.87. The Hall–Kier alpha value is -1.13. The van der Waals surface area contributed by atoms with Crippen molar-refractivity contribution < 1.29 is 0 Å². The second-order valence-electron chi connectivity index (χ2n) is 3.18. The maximum Gasteiger partial charge on any atom is 0.0871 e. The van der Waals surface area contributed by atoms with Gasteiger partial charge in [-0.25, -0.2) is 0 Å². The summed E-state index contributed by atoms with van der Waals surface area (Å²) < 4.78 is 0. The first-order valence-corrected chi connectivity index (χ1v) is 5.04. The van der Waals surface area contributed by atoms with E-state index in [4.69, 9.17) is 18.0 Å². The second-order valence-corrected chi connectivity index (χ2v) is 3.59. The fourth-order valence-corrected chi connectivity index (χ4v) is 1.39. The highest BCUT2D eigenvalue weighted by Gasteiger charge is 2.05. The van der Waals surface area contributed by atoms with Gasteiger partial charge in [-0.3, -0.25) is 0 Å². The van der Waals surface area contributed by atoms with E-state index in [2.05, 4.69) is 18.2 Å². The average Bonchev–Trinajstić information content (AvgIpc) is 2.20. The molecule has 0 aliphatic rings. The maximum absolute atomic E-state index is 5.99. The minimum absolute atomic E-state index is 0.0761. The van der Waals surface area contributed by atoms with E-state index in [0.717, 1.165) is 22.7 Å². The molecule has 1 N–H and O–H groups in total. The first kappa shape index (κ1) is 10.9. The molecule has 0 bridgehead atoms. The Labute approximate surface area is 90.5 Å². The fourth-order valence-electron chi connectivity index (χ4n) is 1.21. The van der Waals surface area contributed by atoms with Crippen molar-refractivity contribution >= 4 is 17.3 Å². The molecule has 0 saturated carbocycles. The van der Waals surface area contributed by atoms with Gasteiger partial charge in [0, 0.05) is 10.7 Å². The van der Waals surface area contributed by atoms with E-state index >= 15 is 0 Å². The zero-order chi connectivity index (χ0) is 10.6. The average molecular weight is 208 g/mol. The molecule has 1 rings (SSSR count). The predicted octanol–water partition coefficient (Wildman–Crippen LogP) is 3.47. The second kappa shape index (κ2) is 4.93. The smallest absolute Gasteiger partial charge is 0.0871 e. The molecule has 0 saturated heterocycles. The standard InChI is InChI=1S/C12H14ClN/c1-4-10(5-2)14-12-8-6-7-11(13)9(12)3/h1,6-8,10,14H,5H2,2-3H3. The number of benzene rings is 1. The van der Waals surface area contributed by atoms with Crippen LogP contribution in [-0.2, 0) is 0 Å². The van der Waals surface area contributed by atoms with Gasteiger partial charge in [0.25, 0.3) is 0 Å². The number of nitrogens with one attached hydrogen (secondary N) is 1. The zero-order valence-electron chi connectivity index (χ0n) is 8.47. The van der Waals surface area contributed by atoms with Gasteiger partial charge in [0.05, 0.1) is 6.04 Å². The SMILES string of the molecule is C#CC(CC)Nc1cccc(Cl)c1C. The van der Waals surface area contributed by atoms with Crippen molar-refractivity contribution in [2.75, 3.05) is 5.32 Å². The van der Waals surface area contributed by atoms with Crippen molar-refractivity contribution in [1.29, 1.82) is 0 Å². The molecule has 0 aromatic heterocycles. The van der Waals surface area contributed by atoms with Gasteiger partial charge < -0.3 is 5.32 Å². The van der Waals surface area contributed by atoms with Gasteiger partial charge in [0.15, 0.2) is 0 Å². The van der Waals surface area contributed by atoms with Crippen LogP contribution in [0, 0.1) is 19.3 Å². The molecule has 1 unspecified atom stereocenters. The van der Waals surface area contributed by atoms with Crippen LogP contribution in [0.25, 0.3) is 0 Å². The molecule has 0 amide bonds. The number of hydrogen-bond acceptors (Lipinski definition) is 1. The topological polar surface area (TPSA) is 12.0 Å². The van der Waals surface area contributed by atoms with Crippen molar-refractivity contribution in [3.8, 4) is 12.3 Å². The van der Waals surface area contributed by atoms with E-state index in [9.17, 15) is 0 Å². The first-order valence-electron chi connectivity index (χ1n) is 4.66. The Kier molecular flexibility index (Phi) is 3.85. The Morgan fingerprint density at radius 2 is 2.29 bits per heavy atom. The number of rotatable bonds is 3. The lowest BCUT2D eigenvalue weighted by Crippen LogP contribution is -2.16. The molecule has 0 radical (unpaired) electrons. The Morgan fingerprint density at radius 1 is 1.57 bits per heavy atom. The van der Waals surface area contributed by atoms with Crippen molar-refractivity contribution in [3.05, 3.63) is 28.8 Å². The van der Waals surface area contributed by atoms with Gasteiger partial charge in [0.2, 0.25) is 0 Å². The quantitative estimate of drug-likeness (QED) is 0.749. The molecule has 74 valence electrons. The molecule has 0 fully saturated rings. The highest BCUT2D eigenvalue weighted by Crippen LogP contribution is 2.23. The van der Waals surface area contributed by atoms with E-state index in [-0.39, 0.29) is 6.04 Å². The summed E-state index contributed by atoms with van der Waals surface area (Å²) in [5, 5.41) is 4.03. The number of anilines is 1. The molecule has 1 nitrogen and oxygen atoms in total. The minimum Gasteiger partial charge on any atom is -0.371 e. The molecule has 1 atom stereocenters. The highest BCUT2D eigenvalue weighted by molar-refractivity contribution is 6.31. The molecule has 0 aliphatic carbocycles. The van der Waals surface area contributed by atoms with Crippen molar-refractivity contribution in [2.45, 2.75) is 26.3 Å². The van der Waals surface area contributed by atoms with Crippen LogP contribution < -0.4 is 5.32 Å². The van der Waals surface area contributed by atoms with E-state index in [1.54, 1.807) is 0 Å². The van der Waals surface area contributed by atoms with Crippen LogP contribution in [0.1, 0.15) is 18.9 Å². The first-order chi connectivity index (χ1) is 6.69. The summed E-state index contributed by atoms with van der Waals surface area (Å²) in [4.78, 5) is 0. The molecule has 14 heavy (non-hydrogen) atoms. The number of hydrogen-bond donors (Lipinski definition) is 1. The summed E-state index contributed by atoms with van der Waals surface area (Å²) in [5.41, 5.74) is 2.06. The van der Waals surface area contributed by atoms with E-state index < -0.39 is 0 Å². The summed E-state index contributed by atoms with van der Waals surface area (Å²) >= 11 is 5.99. The van der Waals surface area contributed by atoms with Crippen LogP contribution in [0.15, 0.2) is 18.2 Å². The molecule has 1 aromatic rings. The van der Waals surface area contributed by atoms with Gasteiger partial charge in [-0.15, -0.1) is 6.42 Å². The summed E-state index contributed by atoms with van der Waals surface area (Å²) in [6, 6.07) is 5.85. The molecule has 0 aliphatic heterocycles. The zero-order valence-corrected chi connectivity index (χ0v) is 9.23. The molecule has 0 spiro atoms. The van der Waals surface area contributed by atoms with Crippen molar-refractivity contribution in [3.63, 3.8) is 0 Å². The van der Waals surface area contributed by atoms with Gasteiger partial charge >= 0.3 is 0 Å². The van der Waals surface area contributed by atoms with Gasteiger partial charge in [0.1, 0.15) is 0 Å². The lowest BCUT2D eigenvalue weighted by atomic mass is 10.1. The maximum atomic E-state index is 5.99.